The number of unbranched alkanes of at least 4 members (excludes halogenated alkanes) is 3. The molecule has 16 heavy (non-hydrogen) atoms. The maximum Gasteiger partial charge on any atom is 0.0208 e. The van der Waals surface area contributed by atoms with E-state index in [4.69, 9.17) is 0 Å². The second kappa shape index (κ2) is 5.77. The van der Waals surface area contributed by atoms with Crippen molar-refractivity contribution in [2.24, 2.45) is 0 Å². The Balaban J connectivity index is 1.76. The van der Waals surface area contributed by atoms with Crippen molar-refractivity contribution in [3.8, 4) is 0 Å². The maximum absolute atomic E-state index is 2.28. The van der Waals surface area contributed by atoms with E-state index in [9.17, 15) is 0 Å². The predicted octanol–water partition coefficient (Wildman–Crippen LogP) is 5.28. The number of benzene rings is 1. The van der Waals surface area contributed by atoms with Crippen LogP contribution in [0.1, 0.15) is 51.9 Å². The van der Waals surface area contributed by atoms with Crippen LogP contribution in [0.2, 0.25) is 0 Å². The van der Waals surface area contributed by atoms with Crippen molar-refractivity contribution in [3.05, 3.63) is 30.3 Å². The lowest BCUT2D eigenvalue weighted by atomic mass is 10.1. The zero-order valence-corrected chi connectivity index (χ0v) is 11.1. The Bertz CT molecular complexity index is 300. The standard InChI is InChI=1S/C15H22S/c1-2-3-4-8-11-15(12-13-15)16-14-9-6-5-7-10-14/h5-7,9-10H,2-4,8,11-13H2,1H3. The molecule has 0 aliphatic heterocycles. The lowest BCUT2D eigenvalue weighted by molar-refractivity contribution is 0.615. The SMILES string of the molecule is CCCCCCC1(Sc2ccccc2)CC1. The third-order valence-corrected chi connectivity index (χ3v) is 4.92. The van der Waals surface area contributed by atoms with E-state index in [0.29, 0.717) is 4.75 Å². The number of hydrogen-bond acceptors (Lipinski definition) is 1. The monoisotopic (exact) mass is 234 g/mol. The summed E-state index contributed by atoms with van der Waals surface area (Å²) in [6, 6.07) is 10.9. The van der Waals surface area contributed by atoms with Gasteiger partial charge in [-0.2, -0.15) is 0 Å². The zero-order valence-electron chi connectivity index (χ0n) is 10.2. The van der Waals surface area contributed by atoms with Gasteiger partial charge in [0.25, 0.3) is 0 Å². The fourth-order valence-electron chi connectivity index (χ4n) is 2.15. The van der Waals surface area contributed by atoms with Crippen LogP contribution in [-0.4, -0.2) is 4.75 Å². The summed E-state index contributed by atoms with van der Waals surface area (Å²) in [4.78, 5) is 1.45. The second-order valence-electron chi connectivity index (χ2n) is 4.91. The second-order valence-corrected chi connectivity index (χ2v) is 6.45. The van der Waals surface area contributed by atoms with E-state index >= 15 is 0 Å². The molecule has 1 fully saturated rings. The molecule has 0 amide bonds. The third-order valence-electron chi connectivity index (χ3n) is 3.37. The average Bonchev–Trinajstić information content (AvgIpc) is 3.06. The van der Waals surface area contributed by atoms with Crippen LogP contribution in [0.25, 0.3) is 0 Å². The number of rotatable bonds is 7. The summed E-state index contributed by atoms with van der Waals surface area (Å²) in [7, 11) is 0. The van der Waals surface area contributed by atoms with Gasteiger partial charge in [-0.3, -0.25) is 0 Å². The first kappa shape index (κ1) is 12.0. The molecule has 0 unspecified atom stereocenters. The largest absolute Gasteiger partial charge is 0.119 e. The summed E-state index contributed by atoms with van der Waals surface area (Å²) in [5.41, 5.74) is 0. The normalized spacial score (nSPS) is 17.3. The van der Waals surface area contributed by atoms with Crippen LogP contribution in [0, 0.1) is 0 Å². The van der Waals surface area contributed by atoms with Crippen LogP contribution in [0.5, 0.6) is 0 Å². The highest BCUT2D eigenvalue weighted by atomic mass is 32.2. The molecular weight excluding hydrogens is 212 g/mol. The topological polar surface area (TPSA) is 0 Å². The summed E-state index contributed by atoms with van der Waals surface area (Å²) in [6.07, 6.45) is 9.89. The molecule has 1 heteroatoms. The van der Waals surface area contributed by atoms with Crippen LogP contribution in [0.3, 0.4) is 0 Å². The maximum atomic E-state index is 2.28. The highest BCUT2D eigenvalue weighted by Gasteiger charge is 2.42. The van der Waals surface area contributed by atoms with E-state index in [-0.39, 0.29) is 0 Å². The number of thioether (sulfide) groups is 1. The molecule has 2 rings (SSSR count). The molecule has 1 aromatic carbocycles. The van der Waals surface area contributed by atoms with Crippen molar-refractivity contribution < 1.29 is 0 Å². The quantitative estimate of drug-likeness (QED) is 0.578. The van der Waals surface area contributed by atoms with Gasteiger partial charge < -0.3 is 0 Å². The van der Waals surface area contributed by atoms with Gasteiger partial charge in [-0.15, -0.1) is 11.8 Å². The minimum Gasteiger partial charge on any atom is -0.119 e. The summed E-state index contributed by atoms with van der Waals surface area (Å²) in [5.74, 6) is 0. The molecule has 0 bridgehead atoms. The highest BCUT2D eigenvalue weighted by molar-refractivity contribution is 8.01. The van der Waals surface area contributed by atoms with Crippen molar-refractivity contribution in [3.63, 3.8) is 0 Å². The van der Waals surface area contributed by atoms with Gasteiger partial charge in [0.05, 0.1) is 0 Å². The first-order chi connectivity index (χ1) is 7.85. The Kier molecular flexibility index (Phi) is 4.34. The molecule has 0 N–H and O–H groups in total. The van der Waals surface area contributed by atoms with Gasteiger partial charge >= 0.3 is 0 Å². The molecule has 0 atom stereocenters. The van der Waals surface area contributed by atoms with Crippen LogP contribution in [-0.2, 0) is 0 Å². The molecule has 88 valence electrons. The van der Waals surface area contributed by atoms with E-state index in [2.05, 4.69) is 49.0 Å². The Hall–Kier alpha value is -0.430. The smallest absolute Gasteiger partial charge is 0.0208 e. The van der Waals surface area contributed by atoms with Crippen LogP contribution in [0.15, 0.2) is 35.2 Å². The molecule has 1 saturated carbocycles. The Morgan fingerprint density at radius 3 is 2.44 bits per heavy atom. The Morgan fingerprint density at radius 2 is 1.81 bits per heavy atom. The molecule has 0 aromatic heterocycles. The fourth-order valence-corrected chi connectivity index (χ4v) is 3.50. The molecule has 1 aliphatic carbocycles. The van der Waals surface area contributed by atoms with E-state index < -0.39 is 0 Å². The lowest BCUT2D eigenvalue weighted by Gasteiger charge is -2.14. The molecular formula is C15H22S. The minimum absolute atomic E-state index is 0.620. The molecule has 0 heterocycles. The van der Waals surface area contributed by atoms with Gasteiger partial charge in [0.1, 0.15) is 0 Å². The van der Waals surface area contributed by atoms with Crippen LogP contribution in [0.4, 0.5) is 0 Å². The predicted molar refractivity (Wildman–Crippen MR) is 73.0 cm³/mol. The molecule has 0 radical (unpaired) electrons. The van der Waals surface area contributed by atoms with Gasteiger partial charge in [0.15, 0.2) is 0 Å². The van der Waals surface area contributed by atoms with Crippen molar-refractivity contribution in [1.29, 1.82) is 0 Å². The third kappa shape index (κ3) is 3.55. The van der Waals surface area contributed by atoms with Gasteiger partial charge in [-0.1, -0.05) is 50.8 Å². The van der Waals surface area contributed by atoms with Gasteiger partial charge in [0, 0.05) is 9.64 Å². The van der Waals surface area contributed by atoms with Crippen LogP contribution < -0.4 is 0 Å². The van der Waals surface area contributed by atoms with Gasteiger partial charge in [-0.05, 0) is 31.4 Å². The fraction of sp³-hybridized carbons (Fsp3) is 0.600. The van der Waals surface area contributed by atoms with Crippen LogP contribution >= 0.6 is 11.8 Å². The molecule has 0 saturated heterocycles. The van der Waals surface area contributed by atoms with Crippen molar-refractivity contribution >= 4 is 11.8 Å². The summed E-state index contributed by atoms with van der Waals surface area (Å²) < 4.78 is 0.620. The van der Waals surface area contributed by atoms with E-state index in [1.54, 1.807) is 0 Å². The minimum atomic E-state index is 0.620. The number of hydrogen-bond donors (Lipinski definition) is 0. The summed E-state index contributed by atoms with van der Waals surface area (Å²) >= 11 is 2.12. The van der Waals surface area contributed by atoms with Gasteiger partial charge in [-0.25, -0.2) is 0 Å². The van der Waals surface area contributed by atoms with E-state index in [1.165, 1.54) is 49.8 Å². The lowest BCUT2D eigenvalue weighted by Crippen LogP contribution is -2.01. The van der Waals surface area contributed by atoms with Gasteiger partial charge in [0.2, 0.25) is 0 Å². The highest BCUT2D eigenvalue weighted by Crippen LogP contribution is 2.54. The summed E-state index contributed by atoms with van der Waals surface area (Å²) in [5, 5.41) is 0. The summed E-state index contributed by atoms with van der Waals surface area (Å²) in [6.45, 7) is 2.28. The first-order valence-corrected chi connectivity index (χ1v) is 7.40. The van der Waals surface area contributed by atoms with Crippen molar-refractivity contribution in [1.82, 2.24) is 0 Å². The molecule has 1 aliphatic rings. The first-order valence-electron chi connectivity index (χ1n) is 6.59. The average molecular weight is 234 g/mol. The zero-order chi connectivity index (χ0) is 11.3. The van der Waals surface area contributed by atoms with Crippen molar-refractivity contribution in [2.75, 3.05) is 0 Å². The Morgan fingerprint density at radius 1 is 1.06 bits per heavy atom. The molecule has 0 nitrogen and oxygen atoms in total. The van der Waals surface area contributed by atoms with E-state index in [0.717, 1.165) is 0 Å². The molecule has 1 aromatic rings. The molecule has 0 spiro atoms. The van der Waals surface area contributed by atoms with E-state index in [1.807, 2.05) is 0 Å². The van der Waals surface area contributed by atoms with Crippen molar-refractivity contribution in [2.45, 2.75) is 61.5 Å². The Labute approximate surface area is 104 Å².